The summed E-state index contributed by atoms with van der Waals surface area (Å²) in [5.41, 5.74) is 0. The number of esters is 1. The van der Waals surface area contributed by atoms with Crippen LogP contribution in [0, 0.1) is 11.8 Å². The summed E-state index contributed by atoms with van der Waals surface area (Å²) in [5.74, 6) is -6.65. The van der Waals surface area contributed by atoms with E-state index in [1.54, 1.807) is 6.92 Å². The highest BCUT2D eigenvalue weighted by molar-refractivity contribution is 5.78. The second kappa shape index (κ2) is 2.97. The van der Waals surface area contributed by atoms with Gasteiger partial charge in [-0.25, -0.2) is 8.78 Å². The molecule has 0 saturated heterocycles. The molecule has 1 aliphatic rings. The highest BCUT2D eigenvalue weighted by Crippen LogP contribution is 2.55. The molecule has 70 valence electrons. The fourth-order valence-corrected chi connectivity index (χ4v) is 1.17. The van der Waals surface area contributed by atoms with Gasteiger partial charge in [-0.2, -0.15) is 0 Å². The fraction of sp³-hybridized carbons (Fsp3) is 0.857. The van der Waals surface area contributed by atoms with Gasteiger partial charge in [-0.15, -0.1) is 0 Å². The Hall–Kier alpha value is -0.710. The average Bonchev–Trinajstić information content (AvgIpc) is 2.53. The molecule has 1 rings (SSSR count). The monoisotopic (exact) mass is 180 g/mol. The summed E-state index contributed by atoms with van der Waals surface area (Å²) < 4.78 is 29.6. The number of aliphatic hydroxyl groups is 1. The highest BCUT2D eigenvalue weighted by Gasteiger charge is 2.72. The fourth-order valence-electron chi connectivity index (χ4n) is 1.17. The van der Waals surface area contributed by atoms with Crippen LogP contribution in [0.2, 0.25) is 0 Å². The van der Waals surface area contributed by atoms with Crippen LogP contribution in [0.3, 0.4) is 0 Å². The SMILES string of the molecule is CCOC(=O)[C@H]1[C@H](CO)C1(F)F. The molecule has 3 nitrogen and oxygen atoms in total. The van der Waals surface area contributed by atoms with E-state index in [0.717, 1.165) is 0 Å². The zero-order valence-corrected chi connectivity index (χ0v) is 6.59. The van der Waals surface area contributed by atoms with Crippen LogP contribution in [0.25, 0.3) is 0 Å². The van der Waals surface area contributed by atoms with Gasteiger partial charge in [0.05, 0.1) is 19.1 Å². The summed E-state index contributed by atoms with van der Waals surface area (Å²) in [4.78, 5) is 10.8. The molecular weight excluding hydrogens is 170 g/mol. The third kappa shape index (κ3) is 1.29. The molecular formula is C7H10F2O3. The molecule has 0 aliphatic heterocycles. The molecule has 1 aliphatic carbocycles. The zero-order chi connectivity index (χ0) is 9.35. The number of alkyl halides is 2. The van der Waals surface area contributed by atoms with Crippen molar-refractivity contribution < 1.29 is 23.4 Å². The van der Waals surface area contributed by atoms with E-state index in [1.165, 1.54) is 0 Å². The predicted molar refractivity (Wildman–Crippen MR) is 35.6 cm³/mol. The molecule has 2 atom stereocenters. The van der Waals surface area contributed by atoms with Gasteiger partial charge in [0.1, 0.15) is 5.92 Å². The van der Waals surface area contributed by atoms with Crippen LogP contribution in [0.4, 0.5) is 8.78 Å². The summed E-state index contributed by atoms with van der Waals surface area (Å²) in [7, 11) is 0. The van der Waals surface area contributed by atoms with Crippen LogP contribution < -0.4 is 0 Å². The molecule has 0 spiro atoms. The van der Waals surface area contributed by atoms with Crippen molar-refractivity contribution in [3.05, 3.63) is 0 Å². The normalized spacial score (nSPS) is 31.3. The molecule has 0 bridgehead atoms. The minimum Gasteiger partial charge on any atom is -0.466 e. The van der Waals surface area contributed by atoms with Crippen molar-refractivity contribution in [3.63, 3.8) is 0 Å². The van der Waals surface area contributed by atoms with Crippen molar-refractivity contribution >= 4 is 5.97 Å². The standard InChI is InChI=1S/C7H10F2O3/c1-2-12-6(11)5-4(3-10)7(5,8)9/h4-5,10H,2-3H2,1H3/t4-,5+/m0/s1. The molecule has 0 heterocycles. The van der Waals surface area contributed by atoms with Gasteiger partial charge in [-0.05, 0) is 6.92 Å². The Balaban J connectivity index is 2.51. The molecule has 0 aromatic carbocycles. The van der Waals surface area contributed by atoms with Gasteiger partial charge in [-0.1, -0.05) is 0 Å². The molecule has 0 radical (unpaired) electrons. The Morgan fingerprint density at radius 1 is 1.67 bits per heavy atom. The summed E-state index contributed by atoms with van der Waals surface area (Å²) in [6.07, 6.45) is 0. The van der Waals surface area contributed by atoms with Crippen LogP contribution in [-0.2, 0) is 9.53 Å². The minimum atomic E-state index is -3.07. The molecule has 1 N–H and O–H groups in total. The molecule has 0 aromatic rings. The van der Waals surface area contributed by atoms with Crippen molar-refractivity contribution in [2.75, 3.05) is 13.2 Å². The molecule has 5 heteroatoms. The number of hydrogen-bond acceptors (Lipinski definition) is 3. The maximum Gasteiger partial charge on any atom is 0.315 e. The average molecular weight is 180 g/mol. The van der Waals surface area contributed by atoms with Crippen LogP contribution in [0.5, 0.6) is 0 Å². The van der Waals surface area contributed by atoms with Crippen LogP contribution in [-0.4, -0.2) is 30.2 Å². The molecule has 0 amide bonds. The van der Waals surface area contributed by atoms with E-state index in [0.29, 0.717) is 0 Å². The van der Waals surface area contributed by atoms with Gasteiger partial charge in [0.25, 0.3) is 5.92 Å². The van der Waals surface area contributed by atoms with E-state index in [-0.39, 0.29) is 6.61 Å². The van der Waals surface area contributed by atoms with Gasteiger partial charge < -0.3 is 9.84 Å². The number of rotatable bonds is 3. The maximum absolute atomic E-state index is 12.6. The van der Waals surface area contributed by atoms with Gasteiger partial charge in [0.2, 0.25) is 0 Å². The zero-order valence-electron chi connectivity index (χ0n) is 6.59. The number of ether oxygens (including phenoxy) is 1. The van der Waals surface area contributed by atoms with Crippen LogP contribution >= 0.6 is 0 Å². The van der Waals surface area contributed by atoms with Gasteiger partial charge in [0.15, 0.2) is 0 Å². The summed E-state index contributed by atoms with van der Waals surface area (Å²) in [5, 5.41) is 8.44. The van der Waals surface area contributed by atoms with E-state index in [2.05, 4.69) is 4.74 Å². The Labute approximate surface area is 68.3 Å². The summed E-state index contributed by atoms with van der Waals surface area (Å²) in [6, 6.07) is 0. The Bertz CT molecular complexity index is 193. The number of halogens is 2. The Morgan fingerprint density at radius 3 is 2.58 bits per heavy atom. The third-order valence-corrected chi connectivity index (χ3v) is 1.94. The second-order valence-corrected chi connectivity index (χ2v) is 2.69. The van der Waals surface area contributed by atoms with Crippen molar-refractivity contribution in [1.29, 1.82) is 0 Å². The summed E-state index contributed by atoms with van der Waals surface area (Å²) >= 11 is 0. The van der Waals surface area contributed by atoms with Gasteiger partial charge in [0, 0.05) is 0 Å². The van der Waals surface area contributed by atoms with Crippen LogP contribution in [0.15, 0.2) is 0 Å². The van der Waals surface area contributed by atoms with Crippen molar-refractivity contribution in [2.45, 2.75) is 12.8 Å². The quantitative estimate of drug-likeness (QED) is 0.640. The van der Waals surface area contributed by atoms with Gasteiger partial charge in [-0.3, -0.25) is 4.79 Å². The molecule has 1 fully saturated rings. The highest BCUT2D eigenvalue weighted by atomic mass is 19.3. The van der Waals surface area contributed by atoms with Gasteiger partial charge >= 0.3 is 5.97 Å². The van der Waals surface area contributed by atoms with E-state index in [4.69, 9.17) is 5.11 Å². The van der Waals surface area contributed by atoms with E-state index < -0.39 is 30.3 Å². The van der Waals surface area contributed by atoms with E-state index in [9.17, 15) is 13.6 Å². The molecule has 1 saturated carbocycles. The summed E-state index contributed by atoms with van der Waals surface area (Å²) in [6.45, 7) is 0.965. The maximum atomic E-state index is 12.6. The lowest BCUT2D eigenvalue weighted by molar-refractivity contribution is -0.147. The van der Waals surface area contributed by atoms with E-state index >= 15 is 0 Å². The smallest absolute Gasteiger partial charge is 0.315 e. The molecule has 0 unspecified atom stereocenters. The van der Waals surface area contributed by atoms with Crippen LogP contribution in [0.1, 0.15) is 6.92 Å². The van der Waals surface area contributed by atoms with Crippen molar-refractivity contribution in [1.82, 2.24) is 0 Å². The first kappa shape index (κ1) is 9.38. The van der Waals surface area contributed by atoms with Crippen molar-refractivity contribution in [2.24, 2.45) is 11.8 Å². The molecule has 0 aromatic heterocycles. The predicted octanol–water partition coefficient (Wildman–Crippen LogP) is 0.423. The topological polar surface area (TPSA) is 46.5 Å². The molecule has 12 heavy (non-hydrogen) atoms. The largest absolute Gasteiger partial charge is 0.466 e. The first-order valence-corrected chi connectivity index (χ1v) is 3.71. The Kier molecular flexibility index (Phi) is 2.32. The minimum absolute atomic E-state index is 0.0869. The Morgan fingerprint density at radius 2 is 2.25 bits per heavy atom. The second-order valence-electron chi connectivity index (χ2n) is 2.69. The number of carbonyl (C=O) groups excluding carboxylic acids is 1. The first-order valence-electron chi connectivity index (χ1n) is 3.71. The first-order chi connectivity index (χ1) is 5.55. The third-order valence-electron chi connectivity index (χ3n) is 1.94. The van der Waals surface area contributed by atoms with Crippen molar-refractivity contribution in [3.8, 4) is 0 Å². The lowest BCUT2D eigenvalue weighted by Crippen LogP contribution is -2.11. The lowest BCUT2D eigenvalue weighted by Gasteiger charge is -1.97. The number of hydrogen-bond donors (Lipinski definition) is 1. The van der Waals surface area contributed by atoms with E-state index in [1.807, 2.05) is 0 Å². The number of carbonyl (C=O) groups is 1. The lowest BCUT2D eigenvalue weighted by atomic mass is 10.3. The number of aliphatic hydroxyl groups excluding tert-OH is 1.